The van der Waals surface area contributed by atoms with E-state index in [2.05, 4.69) is 19.2 Å². The Morgan fingerprint density at radius 1 is 0.900 bits per heavy atom. The predicted molar refractivity (Wildman–Crippen MR) is 122 cm³/mol. The van der Waals surface area contributed by atoms with Gasteiger partial charge in [-0.05, 0) is 73.9 Å². The van der Waals surface area contributed by atoms with Gasteiger partial charge in [-0.1, -0.05) is 24.3 Å². The summed E-state index contributed by atoms with van der Waals surface area (Å²) < 4.78 is 11.0. The number of phenolic OH excluding ortho intramolecular Hbond substituents is 1. The number of esters is 1. The average molecular weight is 409 g/mol. The maximum Gasteiger partial charge on any atom is 0.302 e. The molecule has 0 saturated carbocycles. The van der Waals surface area contributed by atoms with E-state index < -0.39 is 0 Å². The zero-order chi connectivity index (χ0) is 21.8. The minimum Gasteiger partial charge on any atom is -0.507 e. The molecule has 2 aromatic rings. The van der Waals surface area contributed by atoms with Crippen molar-refractivity contribution < 1.29 is 19.4 Å². The van der Waals surface area contributed by atoms with Gasteiger partial charge in [0, 0.05) is 18.1 Å². The summed E-state index contributed by atoms with van der Waals surface area (Å²) in [5.74, 6) is 0.758. The number of hydrogen-bond acceptors (Lipinski definition) is 4. The molecule has 4 heteroatoms. The van der Waals surface area contributed by atoms with Crippen molar-refractivity contribution in [2.24, 2.45) is 0 Å². The molecule has 160 valence electrons. The molecule has 1 N–H and O–H groups in total. The van der Waals surface area contributed by atoms with E-state index in [0.29, 0.717) is 13.2 Å². The van der Waals surface area contributed by atoms with E-state index in [1.54, 1.807) is 6.07 Å². The molecule has 0 aliphatic heterocycles. The number of rotatable bonds is 13. The number of phenols is 1. The van der Waals surface area contributed by atoms with Crippen molar-refractivity contribution in [2.45, 2.75) is 45.4 Å². The Kier molecular flexibility index (Phi) is 9.72. The lowest BCUT2D eigenvalue weighted by Crippen LogP contribution is -2.02. The summed E-state index contributed by atoms with van der Waals surface area (Å²) in [6.45, 7) is 10.1. The number of allylic oxidation sites excluding steroid dienone is 2. The van der Waals surface area contributed by atoms with Gasteiger partial charge in [0.25, 0.3) is 0 Å². The smallest absolute Gasteiger partial charge is 0.302 e. The molecule has 0 radical (unpaired) electrons. The number of ether oxygens (including phenoxy) is 2. The first-order valence-electron chi connectivity index (χ1n) is 10.5. The molecule has 0 unspecified atom stereocenters. The SMILES string of the molecule is C=CCc1ccc(O)c(-c2cc(CC=C)ccc2OCCCCCCOC(C)=O)c1. The van der Waals surface area contributed by atoms with E-state index in [1.165, 1.54) is 6.92 Å². The van der Waals surface area contributed by atoms with Crippen molar-refractivity contribution in [1.82, 2.24) is 0 Å². The van der Waals surface area contributed by atoms with E-state index in [0.717, 1.165) is 66.5 Å². The van der Waals surface area contributed by atoms with Gasteiger partial charge in [0.15, 0.2) is 0 Å². The Hall–Kier alpha value is -3.01. The normalized spacial score (nSPS) is 10.4. The second kappa shape index (κ2) is 12.5. The third-order valence-corrected chi connectivity index (χ3v) is 4.76. The summed E-state index contributed by atoms with van der Waals surface area (Å²) in [4.78, 5) is 10.8. The van der Waals surface area contributed by atoms with E-state index in [4.69, 9.17) is 9.47 Å². The number of benzene rings is 2. The zero-order valence-electron chi connectivity index (χ0n) is 17.9. The molecule has 2 aromatic carbocycles. The Bertz CT molecular complexity index is 854. The summed E-state index contributed by atoms with van der Waals surface area (Å²) in [6.07, 6.45) is 8.98. The first-order valence-corrected chi connectivity index (χ1v) is 10.5. The van der Waals surface area contributed by atoms with Gasteiger partial charge in [-0.15, -0.1) is 13.2 Å². The van der Waals surface area contributed by atoms with Crippen LogP contribution in [0.25, 0.3) is 11.1 Å². The third-order valence-electron chi connectivity index (χ3n) is 4.76. The fraction of sp³-hybridized carbons (Fsp3) is 0.346. The number of carbonyl (C=O) groups is 1. The van der Waals surface area contributed by atoms with Crippen molar-refractivity contribution in [3.63, 3.8) is 0 Å². The lowest BCUT2D eigenvalue weighted by Gasteiger charge is -2.15. The van der Waals surface area contributed by atoms with Crippen LogP contribution in [0.15, 0.2) is 61.7 Å². The second-order valence-corrected chi connectivity index (χ2v) is 7.27. The molecule has 0 aliphatic carbocycles. The highest BCUT2D eigenvalue weighted by Gasteiger charge is 2.13. The summed E-state index contributed by atoms with van der Waals surface area (Å²) in [7, 11) is 0. The van der Waals surface area contributed by atoms with E-state index in [1.807, 2.05) is 36.4 Å². The quantitative estimate of drug-likeness (QED) is 0.250. The minimum atomic E-state index is -0.230. The minimum absolute atomic E-state index is 0.230. The molecule has 30 heavy (non-hydrogen) atoms. The lowest BCUT2D eigenvalue weighted by atomic mass is 9.97. The van der Waals surface area contributed by atoms with Crippen LogP contribution in [0.2, 0.25) is 0 Å². The standard InChI is InChI=1S/C26H32O4/c1-4-10-21-12-14-25(28)23(18-21)24-19-22(11-5-2)13-15-26(24)30-17-9-7-6-8-16-29-20(3)27/h4-5,12-15,18-19,28H,1-2,6-11,16-17H2,3H3. The molecule has 0 amide bonds. The first kappa shape index (κ1) is 23.3. The third kappa shape index (κ3) is 7.43. The Balaban J connectivity index is 2.07. The summed E-state index contributed by atoms with van der Waals surface area (Å²) >= 11 is 0. The molecule has 0 atom stereocenters. The summed E-state index contributed by atoms with van der Waals surface area (Å²) in [6, 6.07) is 11.7. The molecule has 0 aliphatic rings. The predicted octanol–water partition coefficient (Wildman–Crippen LogP) is 6.02. The van der Waals surface area contributed by atoms with Crippen LogP contribution in [0.3, 0.4) is 0 Å². The van der Waals surface area contributed by atoms with Gasteiger partial charge in [-0.25, -0.2) is 0 Å². The van der Waals surface area contributed by atoms with E-state index in [-0.39, 0.29) is 11.7 Å². The topological polar surface area (TPSA) is 55.8 Å². The van der Waals surface area contributed by atoms with Crippen molar-refractivity contribution in [3.8, 4) is 22.6 Å². The van der Waals surface area contributed by atoms with E-state index in [9.17, 15) is 9.90 Å². The fourth-order valence-electron chi connectivity index (χ4n) is 3.26. The van der Waals surface area contributed by atoms with Crippen LogP contribution in [0.5, 0.6) is 11.5 Å². The fourth-order valence-corrected chi connectivity index (χ4v) is 3.26. The Labute approximate surface area is 179 Å². The lowest BCUT2D eigenvalue weighted by molar-refractivity contribution is -0.141. The number of hydrogen-bond donors (Lipinski definition) is 1. The van der Waals surface area contributed by atoms with Crippen LogP contribution in [-0.4, -0.2) is 24.3 Å². The number of unbranched alkanes of at least 4 members (excludes halogenated alkanes) is 3. The van der Waals surface area contributed by atoms with Gasteiger partial charge in [-0.3, -0.25) is 4.79 Å². The summed E-state index contributed by atoms with van der Waals surface area (Å²) in [5.41, 5.74) is 3.85. The van der Waals surface area contributed by atoms with Gasteiger partial charge in [0.2, 0.25) is 0 Å². The van der Waals surface area contributed by atoms with Crippen LogP contribution in [0, 0.1) is 0 Å². The van der Waals surface area contributed by atoms with Gasteiger partial charge in [0.05, 0.1) is 13.2 Å². The largest absolute Gasteiger partial charge is 0.507 e. The molecule has 2 rings (SSSR count). The molecule has 0 spiro atoms. The monoisotopic (exact) mass is 408 g/mol. The molecule has 0 heterocycles. The Morgan fingerprint density at radius 3 is 2.13 bits per heavy atom. The van der Waals surface area contributed by atoms with Crippen molar-refractivity contribution in [1.29, 1.82) is 0 Å². The van der Waals surface area contributed by atoms with Crippen molar-refractivity contribution >= 4 is 5.97 Å². The molecular formula is C26H32O4. The molecule has 0 aromatic heterocycles. The highest BCUT2D eigenvalue weighted by atomic mass is 16.5. The molecular weight excluding hydrogens is 376 g/mol. The molecule has 4 nitrogen and oxygen atoms in total. The van der Waals surface area contributed by atoms with Gasteiger partial charge in [-0.2, -0.15) is 0 Å². The average Bonchev–Trinajstić information content (AvgIpc) is 2.72. The molecule has 0 bridgehead atoms. The van der Waals surface area contributed by atoms with Crippen LogP contribution in [0.1, 0.15) is 43.7 Å². The van der Waals surface area contributed by atoms with Gasteiger partial charge >= 0.3 is 5.97 Å². The van der Waals surface area contributed by atoms with E-state index >= 15 is 0 Å². The summed E-state index contributed by atoms with van der Waals surface area (Å²) in [5, 5.41) is 10.5. The van der Waals surface area contributed by atoms with Gasteiger partial charge in [0.1, 0.15) is 11.5 Å². The zero-order valence-corrected chi connectivity index (χ0v) is 17.9. The highest BCUT2D eigenvalue weighted by Crippen LogP contribution is 2.37. The van der Waals surface area contributed by atoms with Crippen LogP contribution >= 0.6 is 0 Å². The van der Waals surface area contributed by atoms with Crippen LogP contribution in [-0.2, 0) is 22.4 Å². The second-order valence-electron chi connectivity index (χ2n) is 7.27. The number of aromatic hydroxyl groups is 1. The highest BCUT2D eigenvalue weighted by molar-refractivity contribution is 5.77. The molecule has 0 saturated heterocycles. The first-order chi connectivity index (χ1) is 14.5. The van der Waals surface area contributed by atoms with Crippen LogP contribution < -0.4 is 4.74 Å². The number of carbonyl (C=O) groups excluding carboxylic acids is 1. The molecule has 0 fully saturated rings. The van der Waals surface area contributed by atoms with Gasteiger partial charge < -0.3 is 14.6 Å². The van der Waals surface area contributed by atoms with Crippen molar-refractivity contribution in [3.05, 3.63) is 72.8 Å². The Morgan fingerprint density at radius 2 is 1.50 bits per heavy atom. The maximum absolute atomic E-state index is 10.8. The van der Waals surface area contributed by atoms with Crippen molar-refractivity contribution in [2.75, 3.05) is 13.2 Å². The maximum atomic E-state index is 10.8. The van der Waals surface area contributed by atoms with Crippen LogP contribution in [0.4, 0.5) is 0 Å².